The number of carbonyl (C=O) groups excluding carboxylic acids is 1. The van der Waals surface area contributed by atoms with Gasteiger partial charge in [0.2, 0.25) is 0 Å². The van der Waals surface area contributed by atoms with Crippen molar-refractivity contribution in [1.29, 1.82) is 0 Å². The number of aryl methyl sites for hydroxylation is 1. The molecule has 1 unspecified atom stereocenters. The number of rotatable bonds is 3. The number of thioether (sulfide) groups is 1. The van der Waals surface area contributed by atoms with Crippen LogP contribution in [0.5, 0.6) is 0 Å². The lowest BCUT2D eigenvalue weighted by Gasteiger charge is -2.09. The summed E-state index contributed by atoms with van der Waals surface area (Å²) in [5.41, 5.74) is 1.24. The molecule has 0 spiro atoms. The number of carbonyl (C=O) groups is 1. The van der Waals surface area contributed by atoms with E-state index in [4.69, 9.17) is 0 Å². The zero-order valence-electron chi connectivity index (χ0n) is 8.20. The van der Waals surface area contributed by atoms with Crippen molar-refractivity contribution in [3.8, 4) is 0 Å². The third-order valence-corrected chi connectivity index (χ3v) is 3.37. The topological polar surface area (TPSA) is 17.1 Å². The van der Waals surface area contributed by atoms with Crippen molar-refractivity contribution in [2.45, 2.75) is 30.9 Å². The van der Waals surface area contributed by atoms with E-state index in [0.29, 0.717) is 0 Å². The van der Waals surface area contributed by atoms with Crippen LogP contribution in [0.1, 0.15) is 19.4 Å². The van der Waals surface area contributed by atoms with Crippen LogP contribution >= 0.6 is 11.8 Å². The highest BCUT2D eigenvalue weighted by molar-refractivity contribution is 8.00. The number of benzene rings is 1. The number of Topliss-reactive ketones (excluding diaryl/α,β-unsaturated/α-hetero) is 1. The van der Waals surface area contributed by atoms with Gasteiger partial charge in [-0.1, -0.05) is 18.2 Å². The summed E-state index contributed by atoms with van der Waals surface area (Å²) in [6, 6.07) is 8.13. The van der Waals surface area contributed by atoms with Crippen molar-refractivity contribution >= 4 is 17.5 Å². The standard InChI is InChI=1S/C11H14OS/c1-8-6-4-5-7-11(8)13-10(3)9(2)12/h4-7,10H,1-3H3. The fourth-order valence-corrected chi connectivity index (χ4v) is 1.92. The minimum absolute atomic E-state index is 0.0566. The lowest BCUT2D eigenvalue weighted by Crippen LogP contribution is -2.07. The van der Waals surface area contributed by atoms with Crippen LogP contribution < -0.4 is 0 Å². The Labute approximate surface area is 83.5 Å². The van der Waals surface area contributed by atoms with Crippen molar-refractivity contribution in [3.05, 3.63) is 29.8 Å². The third-order valence-electron chi connectivity index (χ3n) is 1.97. The molecule has 0 N–H and O–H groups in total. The molecule has 1 aromatic rings. The van der Waals surface area contributed by atoms with E-state index in [2.05, 4.69) is 19.1 Å². The molecule has 0 heterocycles. The first-order valence-corrected chi connectivity index (χ1v) is 5.22. The summed E-state index contributed by atoms with van der Waals surface area (Å²) < 4.78 is 0. The summed E-state index contributed by atoms with van der Waals surface area (Å²) in [6.45, 7) is 5.64. The molecule has 0 aliphatic heterocycles. The van der Waals surface area contributed by atoms with Gasteiger partial charge in [0.25, 0.3) is 0 Å². The van der Waals surface area contributed by atoms with Crippen molar-refractivity contribution in [2.24, 2.45) is 0 Å². The van der Waals surface area contributed by atoms with Gasteiger partial charge in [-0.05, 0) is 32.4 Å². The first-order chi connectivity index (χ1) is 6.11. The first kappa shape index (κ1) is 10.3. The zero-order chi connectivity index (χ0) is 9.84. The van der Waals surface area contributed by atoms with Gasteiger partial charge in [-0.3, -0.25) is 4.79 Å². The maximum absolute atomic E-state index is 11.0. The Balaban J connectivity index is 2.74. The van der Waals surface area contributed by atoms with Crippen molar-refractivity contribution in [1.82, 2.24) is 0 Å². The van der Waals surface area contributed by atoms with Gasteiger partial charge >= 0.3 is 0 Å². The van der Waals surface area contributed by atoms with Crippen LogP contribution in [-0.2, 0) is 4.79 Å². The summed E-state index contributed by atoms with van der Waals surface area (Å²) in [4.78, 5) is 12.2. The van der Waals surface area contributed by atoms with Crippen LogP contribution in [0.3, 0.4) is 0 Å². The van der Waals surface area contributed by atoms with E-state index in [1.54, 1.807) is 18.7 Å². The smallest absolute Gasteiger partial charge is 0.142 e. The summed E-state index contributed by atoms with van der Waals surface area (Å²) >= 11 is 1.63. The monoisotopic (exact) mass is 194 g/mol. The molecule has 0 saturated heterocycles. The molecular weight excluding hydrogens is 180 g/mol. The molecule has 70 valence electrons. The predicted octanol–water partition coefficient (Wildman–Crippen LogP) is 3.06. The Morgan fingerprint density at radius 3 is 2.54 bits per heavy atom. The van der Waals surface area contributed by atoms with Gasteiger partial charge in [0.15, 0.2) is 0 Å². The van der Waals surface area contributed by atoms with E-state index in [1.807, 2.05) is 19.1 Å². The molecule has 1 atom stereocenters. The highest BCUT2D eigenvalue weighted by Gasteiger charge is 2.09. The summed E-state index contributed by atoms with van der Waals surface area (Å²) in [7, 11) is 0. The van der Waals surface area contributed by atoms with Crippen molar-refractivity contribution in [3.63, 3.8) is 0 Å². The summed E-state index contributed by atoms with van der Waals surface area (Å²) in [5.74, 6) is 0.230. The van der Waals surface area contributed by atoms with Gasteiger partial charge in [-0.25, -0.2) is 0 Å². The maximum atomic E-state index is 11.0. The lowest BCUT2D eigenvalue weighted by atomic mass is 10.2. The highest BCUT2D eigenvalue weighted by Crippen LogP contribution is 2.26. The predicted molar refractivity (Wildman–Crippen MR) is 57.2 cm³/mol. The number of ketones is 1. The Morgan fingerprint density at radius 2 is 2.00 bits per heavy atom. The SMILES string of the molecule is CC(=O)C(C)Sc1ccccc1C. The van der Waals surface area contributed by atoms with Gasteiger partial charge in [0, 0.05) is 4.90 Å². The average Bonchev–Trinajstić information content (AvgIpc) is 2.08. The van der Waals surface area contributed by atoms with Gasteiger partial charge in [0.05, 0.1) is 5.25 Å². The van der Waals surface area contributed by atoms with E-state index in [9.17, 15) is 4.79 Å². The second-order valence-electron chi connectivity index (χ2n) is 3.14. The Morgan fingerprint density at radius 1 is 1.38 bits per heavy atom. The van der Waals surface area contributed by atoms with Crippen LogP contribution in [-0.4, -0.2) is 11.0 Å². The van der Waals surface area contributed by atoms with Gasteiger partial charge < -0.3 is 0 Å². The van der Waals surface area contributed by atoms with E-state index in [-0.39, 0.29) is 11.0 Å². The fraction of sp³-hybridized carbons (Fsp3) is 0.364. The van der Waals surface area contributed by atoms with Gasteiger partial charge in [-0.2, -0.15) is 0 Å². The van der Waals surface area contributed by atoms with Crippen LogP contribution in [0.15, 0.2) is 29.2 Å². The average molecular weight is 194 g/mol. The van der Waals surface area contributed by atoms with E-state index in [1.165, 1.54) is 10.5 Å². The molecule has 0 radical (unpaired) electrons. The normalized spacial score (nSPS) is 12.5. The molecule has 1 nitrogen and oxygen atoms in total. The second kappa shape index (κ2) is 4.47. The van der Waals surface area contributed by atoms with Gasteiger partial charge in [0.1, 0.15) is 5.78 Å². The molecule has 0 aromatic heterocycles. The van der Waals surface area contributed by atoms with Gasteiger partial charge in [-0.15, -0.1) is 11.8 Å². The highest BCUT2D eigenvalue weighted by atomic mass is 32.2. The molecule has 0 saturated carbocycles. The molecule has 0 aliphatic rings. The molecule has 1 rings (SSSR count). The fourth-order valence-electron chi connectivity index (χ4n) is 0.962. The molecule has 0 fully saturated rings. The largest absolute Gasteiger partial charge is 0.299 e. The quantitative estimate of drug-likeness (QED) is 0.688. The minimum Gasteiger partial charge on any atom is -0.299 e. The van der Waals surface area contributed by atoms with E-state index < -0.39 is 0 Å². The molecule has 0 bridgehead atoms. The Hall–Kier alpha value is -0.760. The van der Waals surface area contributed by atoms with Crippen LogP contribution in [0, 0.1) is 6.92 Å². The Bertz CT molecular complexity index is 307. The summed E-state index contributed by atoms with van der Waals surface area (Å²) in [5, 5.41) is 0.0566. The zero-order valence-corrected chi connectivity index (χ0v) is 9.02. The van der Waals surface area contributed by atoms with Crippen molar-refractivity contribution in [2.75, 3.05) is 0 Å². The first-order valence-electron chi connectivity index (χ1n) is 4.34. The molecular formula is C11H14OS. The van der Waals surface area contributed by atoms with Crippen molar-refractivity contribution < 1.29 is 4.79 Å². The molecule has 13 heavy (non-hydrogen) atoms. The number of hydrogen-bond donors (Lipinski definition) is 0. The van der Waals surface area contributed by atoms with Crippen LogP contribution in [0.4, 0.5) is 0 Å². The van der Waals surface area contributed by atoms with E-state index >= 15 is 0 Å². The molecule has 0 aliphatic carbocycles. The molecule has 2 heteroatoms. The van der Waals surface area contributed by atoms with Crippen LogP contribution in [0.2, 0.25) is 0 Å². The maximum Gasteiger partial charge on any atom is 0.142 e. The number of hydrogen-bond acceptors (Lipinski definition) is 2. The molecule has 0 amide bonds. The van der Waals surface area contributed by atoms with Crippen LogP contribution in [0.25, 0.3) is 0 Å². The Kier molecular flexibility index (Phi) is 3.55. The lowest BCUT2D eigenvalue weighted by molar-refractivity contribution is -0.116. The second-order valence-corrected chi connectivity index (χ2v) is 4.52. The third kappa shape index (κ3) is 2.88. The minimum atomic E-state index is 0.0566. The van der Waals surface area contributed by atoms with E-state index in [0.717, 1.165) is 0 Å². The molecule has 1 aromatic carbocycles. The summed E-state index contributed by atoms with van der Waals surface area (Å²) in [6.07, 6.45) is 0.